The number of hydrogen-bond acceptors (Lipinski definition) is 2. The van der Waals surface area contributed by atoms with Crippen molar-refractivity contribution in [1.29, 1.82) is 0 Å². The SMILES string of the molecule is C1=COC(c2cccc3ccccc23)O1. The Bertz CT molecular complexity index is 503. The van der Waals surface area contributed by atoms with Crippen LogP contribution in [0.4, 0.5) is 0 Å². The average Bonchev–Trinajstić information content (AvgIpc) is 2.82. The molecule has 2 nitrogen and oxygen atoms in total. The van der Waals surface area contributed by atoms with Crippen LogP contribution in [0.1, 0.15) is 11.9 Å². The van der Waals surface area contributed by atoms with E-state index in [2.05, 4.69) is 18.2 Å². The van der Waals surface area contributed by atoms with Crippen molar-refractivity contribution in [2.75, 3.05) is 0 Å². The summed E-state index contributed by atoms with van der Waals surface area (Å²) in [5, 5.41) is 2.38. The van der Waals surface area contributed by atoms with Crippen molar-refractivity contribution in [3.8, 4) is 0 Å². The zero-order valence-corrected chi connectivity index (χ0v) is 8.09. The minimum absolute atomic E-state index is 0.295. The van der Waals surface area contributed by atoms with Crippen LogP contribution in [0, 0.1) is 0 Å². The van der Waals surface area contributed by atoms with Crippen LogP contribution >= 0.6 is 0 Å². The molecule has 74 valence electrons. The molecule has 0 unspecified atom stereocenters. The van der Waals surface area contributed by atoms with Crippen molar-refractivity contribution in [1.82, 2.24) is 0 Å². The van der Waals surface area contributed by atoms with Gasteiger partial charge in [0.05, 0.1) is 0 Å². The lowest BCUT2D eigenvalue weighted by Crippen LogP contribution is -1.98. The lowest BCUT2D eigenvalue weighted by Gasteiger charge is -2.12. The summed E-state index contributed by atoms with van der Waals surface area (Å²) < 4.78 is 10.7. The third-order valence-electron chi connectivity index (χ3n) is 2.54. The van der Waals surface area contributed by atoms with Crippen molar-refractivity contribution in [2.45, 2.75) is 6.29 Å². The van der Waals surface area contributed by atoms with Crippen LogP contribution in [0.2, 0.25) is 0 Å². The van der Waals surface area contributed by atoms with E-state index in [-0.39, 0.29) is 6.29 Å². The third-order valence-corrected chi connectivity index (χ3v) is 2.54. The van der Waals surface area contributed by atoms with Crippen LogP contribution in [-0.4, -0.2) is 0 Å². The van der Waals surface area contributed by atoms with Gasteiger partial charge >= 0.3 is 0 Å². The predicted molar refractivity (Wildman–Crippen MR) is 58.0 cm³/mol. The van der Waals surface area contributed by atoms with E-state index in [0.717, 1.165) is 5.56 Å². The summed E-state index contributed by atoms with van der Waals surface area (Å²) in [6.07, 6.45) is 2.86. The molecule has 2 heteroatoms. The number of benzene rings is 2. The van der Waals surface area contributed by atoms with Gasteiger partial charge in [0.1, 0.15) is 12.5 Å². The molecule has 15 heavy (non-hydrogen) atoms. The molecule has 0 aromatic heterocycles. The summed E-state index contributed by atoms with van der Waals surface area (Å²) in [5.74, 6) is 0. The van der Waals surface area contributed by atoms with Gasteiger partial charge in [-0.05, 0) is 10.8 Å². The topological polar surface area (TPSA) is 18.5 Å². The molecule has 0 spiro atoms. The Kier molecular flexibility index (Phi) is 1.85. The van der Waals surface area contributed by atoms with Gasteiger partial charge in [0.2, 0.25) is 0 Å². The lowest BCUT2D eigenvalue weighted by atomic mass is 10.0. The van der Waals surface area contributed by atoms with Gasteiger partial charge in [-0.25, -0.2) is 0 Å². The monoisotopic (exact) mass is 198 g/mol. The van der Waals surface area contributed by atoms with Gasteiger partial charge in [0.25, 0.3) is 6.29 Å². The fraction of sp³-hybridized carbons (Fsp3) is 0.0769. The smallest absolute Gasteiger partial charge is 0.266 e. The molecule has 1 aliphatic heterocycles. The van der Waals surface area contributed by atoms with E-state index in [1.165, 1.54) is 10.8 Å². The van der Waals surface area contributed by atoms with Gasteiger partial charge in [-0.15, -0.1) is 0 Å². The summed E-state index contributed by atoms with van der Waals surface area (Å²) in [7, 11) is 0. The fourth-order valence-corrected chi connectivity index (χ4v) is 1.84. The van der Waals surface area contributed by atoms with E-state index in [1.807, 2.05) is 24.3 Å². The molecule has 0 saturated heterocycles. The first-order valence-electron chi connectivity index (χ1n) is 4.89. The van der Waals surface area contributed by atoms with Gasteiger partial charge in [0, 0.05) is 5.56 Å². The summed E-state index contributed by atoms with van der Waals surface area (Å²) in [6, 6.07) is 14.3. The maximum Gasteiger partial charge on any atom is 0.266 e. The Labute approximate surface area is 87.7 Å². The van der Waals surface area contributed by atoms with E-state index >= 15 is 0 Å². The molecule has 0 aliphatic carbocycles. The molecule has 0 bridgehead atoms. The molecule has 0 fully saturated rings. The summed E-state index contributed by atoms with van der Waals surface area (Å²) in [4.78, 5) is 0. The molecule has 0 saturated carbocycles. The third kappa shape index (κ3) is 1.34. The fourth-order valence-electron chi connectivity index (χ4n) is 1.84. The molecule has 3 rings (SSSR count). The normalized spacial score (nSPS) is 15.2. The van der Waals surface area contributed by atoms with E-state index in [4.69, 9.17) is 9.47 Å². The van der Waals surface area contributed by atoms with Gasteiger partial charge in [-0.3, -0.25) is 0 Å². The Morgan fingerprint density at radius 3 is 2.40 bits per heavy atom. The molecule has 1 heterocycles. The Hall–Kier alpha value is -1.96. The predicted octanol–water partition coefficient (Wildman–Crippen LogP) is 3.36. The Morgan fingerprint density at radius 1 is 0.800 bits per heavy atom. The number of hydrogen-bond donors (Lipinski definition) is 0. The maximum absolute atomic E-state index is 5.34. The van der Waals surface area contributed by atoms with Crippen LogP contribution in [0.25, 0.3) is 10.8 Å². The first-order chi connectivity index (χ1) is 7.45. The highest BCUT2D eigenvalue weighted by Crippen LogP contribution is 2.30. The summed E-state index contributed by atoms with van der Waals surface area (Å²) in [6.45, 7) is 0. The van der Waals surface area contributed by atoms with Crippen molar-refractivity contribution >= 4 is 10.8 Å². The molecule has 2 aromatic rings. The second-order valence-electron chi connectivity index (χ2n) is 3.44. The van der Waals surface area contributed by atoms with Crippen LogP contribution in [0.15, 0.2) is 55.0 Å². The van der Waals surface area contributed by atoms with Crippen molar-refractivity contribution in [3.63, 3.8) is 0 Å². The van der Waals surface area contributed by atoms with Gasteiger partial charge in [-0.2, -0.15) is 0 Å². The van der Waals surface area contributed by atoms with E-state index in [9.17, 15) is 0 Å². The molecule has 0 N–H and O–H groups in total. The Morgan fingerprint density at radius 2 is 1.53 bits per heavy atom. The van der Waals surface area contributed by atoms with Crippen LogP contribution < -0.4 is 0 Å². The molecule has 0 atom stereocenters. The zero-order chi connectivity index (χ0) is 10.1. The second kappa shape index (κ2) is 3.31. The van der Waals surface area contributed by atoms with Gasteiger partial charge < -0.3 is 9.47 Å². The second-order valence-corrected chi connectivity index (χ2v) is 3.44. The summed E-state index contributed by atoms with van der Waals surface area (Å²) in [5.41, 5.74) is 1.07. The molecule has 1 aliphatic rings. The quantitative estimate of drug-likeness (QED) is 0.699. The Balaban J connectivity index is 2.17. The largest absolute Gasteiger partial charge is 0.455 e. The van der Waals surface area contributed by atoms with Crippen molar-refractivity contribution < 1.29 is 9.47 Å². The van der Waals surface area contributed by atoms with Crippen LogP contribution in [0.5, 0.6) is 0 Å². The maximum atomic E-state index is 5.34. The highest BCUT2D eigenvalue weighted by atomic mass is 16.7. The minimum Gasteiger partial charge on any atom is -0.455 e. The van der Waals surface area contributed by atoms with Crippen LogP contribution in [0.3, 0.4) is 0 Å². The first-order valence-corrected chi connectivity index (χ1v) is 4.89. The first kappa shape index (κ1) is 8.36. The molecular weight excluding hydrogens is 188 g/mol. The highest BCUT2D eigenvalue weighted by molar-refractivity contribution is 5.85. The number of ether oxygens (including phenoxy) is 2. The molecular formula is C13H10O2. The van der Waals surface area contributed by atoms with Crippen molar-refractivity contribution in [2.24, 2.45) is 0 Å². The number of rotatable bonds is 1. The van der Waals surface area contributed by atoms with E-state index < -0.39 is 0 Å². The highest BCUT2D eigenvalue weighted by Gasteiger charge is 2.17. The minimum atomic E-state index is -0.295. The standard InChI is InChI=1S/C13H10O2/c1-2-6-11-10(4-1)5-3-7-12(11)13-14-8-9-15-13/h1-9,13H. The van der Waals surface area contributed by atoms with Gasteiger partial charge in [-0.1, -0.05) is 42.5 Å². The number of fused-ring (bicyclic) bond motifs is 1. The molecule has 0 amide bonds. The zero-order valence-electron chi connectivity index (χ0n) is 8.09. The lowest BCUT2D eigenvalue weighted by molar-refractivity contribution is -0.0234. The van der Waals surface area contributed by atoms with Crippen LogP contribution in [-0.2, 0) is 9.47 Å². The average molecular weight is 198 g/mol. The molecule has 2 aromatic carbocycles. The summed E-state index contributed by atoms with van der Waals surface area (Å²) >= 11 is 0. The van der Waals surface area contributed by atoms with E-state index in [0.29, 0.717) is 0 Å². The molecule has 0 radical (unpaired) electrons. The van der Waals surface area contributed by atoms with Crippen molar-refractivity contribution in [3.05, 3.63) is 60.6 Å². The van der Waals surface area contributed by atoms with E-state index in [1.54, 1.807) is 12.5 Å². The van der Waals surface area contributed by atoms with Gasteiger partial charge in [0.15, 0.2) is 0 Å².